The van der Waals surface area contributed by atoms with Crippen molar-refractivity contribution < 1.29 is 13.2 Å². The molecular formula is C16H20N4O3S. The fourth-order valence-electron chi connectivity index (χ4n) is 2.63. The average molecular weight is 348 g/mol. The lowest BCUT2D eigenvalue weighted by Gasteiger charge is -2.27. The third kappa shape index (κ3) is 3.65. The van der Waals surface area contributed by atoms with Gasteiger partial charge in [-0.25, -0.2) is 8.42 Å². The van der Waals surface area contributed by atoms with E-state index in [1.807, 2.05) is 13.0 Å². The standard InChI is InChI=1S/C16H20N4O3S/c1-12-3-4-14(13(2)11-12)24(21,22)19-15-5-6-16(18-17-15)20-7-9-23-10-8-20/h3-6,11H,7-10H2,1-2H3,(H,17,19). The number of nitrogens with one attached hydrogen (secondary N) is 1. The van der Waals surface area contributed by atoms with E-state index >= 15 is 0 Å². The van der Waals surface area contributed by atoms with Crippen molar-refractivity contribution in [3.05, 3.63) is 41.5 Å². The van der Waals surface area contributed by atoms with Crippen molar-refractivity contribution in [1.82, 2.24) is 10.2 Å². The third-order valence-corrected chi connectivity index (χ3v) is 5.36. The maximum Gasteiger partial charge on any atom is 0.263 e. The Morgan fingerprint density at radius 3 is 2.46 bits per heavy atom. The predicted molar refractivity (Wildman–Crippen MR) is 91.8 cm³/mol. The first-order chi connectivity index (χ1) is 11.5. The summed E-state index contributed by atoms with van der Waals surface area (Å²) in [6.07, 6.45) is 0. The first-order valence-electron chi connectivity index (χ1n) is 7.72. The molecule has 1 saturated heterocycles. The largest absolute Gasteiger partial charge is 0.378 e. The van der Waals surface area contributed by atoms with Crippen LogP contribution in [-0.4, -0.2) is 44.9 Å². The molecule has 3 rings (SSSR count). The topological polar surface area (TPSA) is 84.4 Å². The van der Waals surface area contributed by atoms with Crippen molar-refractivity contribution in [2.45, 2.75) is 18.7 Å². The van der Waals surface area contributed by atoms with Crippen molar-refractivity contribution in [3.8, 4) is 0 Å². The van der Waals surface area contributed by atoms with Crippen LogP contribution in [0.1, 0.15) is 11.1 Å². The van der Waals surface area contributed by atoms with E-state index in [1.54, 1.807) is 31.2 Å². The van der Waals surface area contributed by atoms with Crippen LogP contribution in [0.15, 0.2) is 35.2 Å². The summed E-state index contributed by atoms with van der Waals surface area (Å²) in [5.74, 6) is 0.916. The minimum absolute atomic E-state index is 0.201. The van der Waals surface area contributed by atoms with E-state index in [4.69, 9.17) is 4.74 Å². The van der Waals surface area contributed by atoms with Crippen LogP contribution in [0.4, 0.5) is 11.6 Å². The number of benzene rings is 1. The Balaban J connectivity index is 1.77. The first-order valence-corrected chi connectivity index (χ1v) is 9.20. The van der Waals surface area contributed by atoms with Gasteiger partial charge in [-0.3, -0.25) is 4.72 Å². The van der Waals surface area contributed by atoms with Gasteiger partial charge in [-0.05, 0) is 37.6 Å². The smallest absolute Gasteiger partial charge is 0.263 e. The molecular weight excluding hydrogens is 328 g/mol. The van der Waals surface area contributed by atoms with E-state index in [9.17, 15) is 8.42 Å². The van der Waals surface area contributed by atoms with Crippen LogP contribution < -0.4 is 9.62 Å². The van der Waals surface area contributed by atoms with Crippen molar-refractivity contribution in [2.75, 3.05) is 35.9 Å². The number of nitrogens with zero attached hydrogens (tertiary/aromatic N) is 3. The number of aryl methyl sites for hydroxylation is 2. The number of hydrogen-bond acceptors (Lipinski definition) is 6. The normalized spacial score (nSPS) is 15.3. The van der Waals surface area contributed by atoms with Gasteiger partial charge in [-0.2, -0.15) is 0 Å². The predicted octanol–water partition coefficient (Wildman–Crippen LogP) is 1.73. The molecule has 1 aliphatic rings. The minimum Gasteiger partial charge on any atom is -0.378 e. The average Bonchev–Trinajstić information content (AvgIpc) is 2.55. The molecule has 24 heavy (non-hydrogen) atoms. The molecule has 1 aromatic carbocycles. The van der Waals surface area contributed by atoms with Crippen LogP contribution in [0.2, 0.25) is 0 Å². The molecule has 0 amide bonds. The second-order valence-corrected chi connectivity index (χ2v) is 7.40. The van der Waals surface area contributed by atoms with Crippen molar-refractivity contribution >= 4 is 21.7 Å². The molecule has 0 unspecified atom stereocenters. The Kier molecular flexibility index (Phi) is 4.68. The molecule has 0 saturated carbocycles. The van der Waals surface area contributed by atoms with Gasteiger partial charge in [0.1, 0.15) is 0 Å². The summed E-state index contributed by atoms with van der Waals surface area (Å²) in [7, 11) is -3.68. The summed E-state index contributed by atoms with van der Waals surface area (Å²) in [5.41, 5.74) is 1.71. The minimum atomic E-state index is -3.68. The molecule has 1 N–H and O–H groups in total. The lowest BCUT2D eigenvalue weighted by Crippen LogP contribution is -2.36. The quantitative estimate of drug-likeness (QED) is 0.906. The fraction of sp³-hybridized carbons (Fsp3) is 0.375. The summed E-state index contributed by atoms with van der Waals surface area (Å²) in [5, 5.41) is 8.10. The van der Waals surface area contributed by atoms with Gasteiger partial charge in [-0.1, -0.05) is 17.7 Å². The number of hydrogen-bond donors (Lipinski definition) is 1. The van der Waals surface area contributed by atoms with Crippen LogP contribution >= 0.6 is 0 Å². The Hall–Kier alpha value is -2.19. The summed E-state index contributed by atoms with van der Waals surface area (Å²) in [4.78, 5) is 2.30. The zero-order valence-corrected chi connectivity index (χ0v) is 14.5. The second kappa shape index (κ2) is 6.74. The summed E-state index contributed by atoms with van der Waals surface area (Å²) < 4.78 is 32.8. The summed E-state index contributed by atoms with van der Waals surface area (Å²) in [6.45, 7) is 6.51. The molecule has 0 spiro atoms. The van der Waals surface area contributed by atoms with Crippen LogP contribution in [-0.2, 0) is 14.8 Å². The molecule has 128 valence electrons. The van der Waals surface area contributed by atoms with E-state index in [0.29, 0.717) is 24.6 Å². The van der Waals surface area contributed by atoms with Crippen molar-refractivity contribution in [3.63, 3.8) is 0 Å². The van der Waals surface area contributed by atoms with Crippen LogP contribution in [0.5, 0.6) is 0 Å². The number of ether oxygens (including phenoxy) is 1. The van der Waals surface area contributed by atoms with E-state index in [-0.39, 0.29) is 10.7 Å². The van der Waals surface area contributed by atoms with Crippen molar-refractivity contribution in [1.29, 1.82) is 0 Å². The molecule has 0 atom stereocenters. The van der Waals surface area contributed by atoms with Gasteiger partial charge < -0.3 is 9.64 Å². The third-order valence-electron chi connectivity index (χ3n) is 3.84. The molecule has 2 heterocycles. The van der Waals surface area contributed by atoms with Gasteiger partial charge >= 0.3 is 0 Å². The monoisotopic (exact) mass is 348 g/mol. The maximum absolute atomic E-state index is 12.5. The first kappa shape index (κ1) is 16.7. The summed E-state index contributed by atoms with van der Waals surface area (Å²) in [6, 6.07) is 8.59. The highest BCUT2D eigenvalue weighted by Gasteiger charge is 2.18. The Bertz CT molecular complexity index is 816. The molecule has 0 aliphatic carbocycles. The summed E-state index contributed by atoms with van der Waals surface area (Å²) >= 11 is 0. The molecule has 1 aliphatic heterocycles. The fourth-order valence-corrected chi connectivity index (χ4v) is 3.86. The van der Waals surface area contributed by atoms with Gasteiger partial charge in [0.2, 0.25) is 0 Å². The SMILES string of the molecule is Cc1ccc(S(=O)(=O)Nc2ccc(N3CCOCC3)nn2)c(C)c1. The molecule has 0 radical (unpaired) electrons. The van der Waals surface area contributed by atoms with Crippen LogP contribution in [0.25, 0.3) is 0 Å². The van der Waals surface area contributed by atoms with E-state index in [1.165, 1.54) is 0 Å². The molecule has 8 heteroatoms. The highest BCUT2D eigenvalue weighted by Crippen LogP contribution is 2.20. The molecule has 7 nitrogen and oxygen atoms in total. The number of sulfonamides is 1. The number of rotatable bonds is 4. The Morgan fingerprint density at radius 2 is 1.83 bits per heavy atom. The zero-order chi connectivity index (χ0) is 17.2. The highest BCUT2D eigenvalue weighted by molar-refractivity contribution is 7.92. The van der Waals surface area contributed by atoms with Crippen LogP contribution in [0.3, 0.4) is 0 Å². The lowest BCUT2D eigenvalue weighted by atomic mass is 10.2. The lowest BCUT2D eigenvalue weighted by molar-refractivity contribution is 0.122. The van der Waals surface area contributed by atoms with Gasteiger partial charge in [0.25, 0.3) is 10.0 Å². The maximum atomic E-state index is 12.5. The van der Waals surface area contributed by atoms with Gasteiger partial charge in [0.15, 0.2) is 11.6 Å². The highest BCUT2D eigenvalue weighted by atomic mass is 32.2. The van der Waals surface area contributed by atoms with Gasteiger partial charge in [0, 0.05) is 13.1 Å². The van der Waals surface area contributed by atoms with Crippen molar-refractivity contribution in [2.24, 2.45) is 0 Å². The second-order valence-electron chi connectivity index (χ2n) is 5.75. The van der Waals surface area contributed by atoms with E-state index in [2.05, 4.69) is 19.8 Å². The molecule has 2 aromatic rings. The molecule has 1 aromatic heterocycles. The Morgan fingerprint density at radius 1 is 1.08 bits per heavy atom. The van der Waals surface area contributed by atoms with Gasteiger partial charge in [-0.15, -0.1) is 10.2 Å². The zero-order valence-electron chi connectivity index (χ0n) is 13.7. The van der Waals surface area contributed by atoms with E-state index in [0.717, 1.165) is 18.7 Å². The van der Waals surface area contributed by atoms with Gasteiger partial charge in [0.05, 0.1) is 18.1 Å². The van der Waals surface area contributed by atoms with E-state index < -0.39 is 10.0 Å². The number of morpholine rings is 1. The number of aromatic nitrogens is 2. The Labute approximate surface area is 141 Å². The van der Waals surface area contributed by atoms with Crippen LogP contribution in [0, 0.1) is 13.8 Å². The number of anilines is 2. The molecule has 0 bridgehead atoms. The molecule has 1 fully saturated rings.